The first-order valence-electron chi connectivity index (χ1n) is 8.25. The van der Waals surface area contributed by atoms with Crippen molar-refractivity contribution in [3.8, 4) is 0 Å². The third-order valence-corrected chi connectivity index (χ3v) is 5.84. The third-order valence-electron chi connectivity index (χ3n) is 4.23. The van der Waals surface area contributed by atoms with E-state index >= 15 is 0 Å². The van der Waals surface area contributed by atoms with E-state index in [-0.39, 0.29) is 22.3 Å². The number of hydrazine groups is 1. The summed E-state index contributed by atoms with van der Waals surface area (Å²) >= 11 is 5.86. The van der Waals surface area contributed by atoms with Gasteiger partial charge in [-0.2, -0.15) is 0 Å². The number of nitrogens with one attached hydrogen (secondary N) is 3. The van der Waals surface area contributed by atoms with Crippen molar-refractivity contribution in [2.75, 3.05) is 4.72 Å². The monoisotopic (exact) mass is 407 g/mol. The van der Waals surface area contributed by atoms with Crippen LogP contribution in [0.3, 0.4) is 0 Å². The van der Waals surface area contributed by atoms with Gasteiger partial charge in [0.05, 0.1) is 10.6 Å². The van der Waals surface area contributed by atoms with E-state index in [1.807, 2.05) is 6.92 Å². The van der Waals surface area contributed by atoms with Crippen LogP contribution >= 0.6 is 11.6 Å². The normalized spacial score (nSPS) is 18.4. The standard InChI is InChI=1S/C18H18ClN3O4S/c1-11-8-16(11)18(24)21-20-17(23)12-4-2-7-15(9-12)27(25,26)22-14-6-3-5-13(19)10-14/h2-7,9-11,16,22H,8H2,1H3,(H,20,23)(H,21,24)/t11-,16+/m0/s1. The Bertz CT molecular complexity index is 994. The minimum atomic E-state index is -3.90. The lowest BCUT2D eigenvalue weighted by atomic mass is 10.2. The van der Waals surface area contributed by atoms with Gasteiger partial charge in [-0.1, -0.05) is 30.7 Å². The Labute approximate surface area is 162 Å². The second-order valence-electron chi connectivity index (χ2n) is 6.41. The molecule has 0 radical (unpaired) electrons. The molecule has 0 heterocycles. The zero-order valence-corrected chi connectivity index (χ0v) is 16.0. The number of amides is 2. The van der Waals surface area contributed by atoms with E-state index in [2.05, 4.69) is 15.6 Å². The fourth-order valence-electron chi connectivity index (χ4n) is 2.54. The molecule has 3 N–H and O–H groups in total. The van der Waals surface area contributed by atoms with E-state index in [9.17, 15) is 18.0 Å². The lowest BCUT2D eigenvalue weighted by molar-refractivity contribution is -0.123. The van der Waals surface area contributed by atoms with Crippen LogP contribution in [-0.4, -0.2) is 20.2 Å². The zero-order chi connectivity index (χ0) is 19.6. The van der Waals surface area contributed by atoms with Crippen LogP contribution in [-0.2, 0) is 14.8 Å². The van der Waals surface area contributed by atoms with Gasteiger partial charge in [-0.3, -0.25) is 25.2 Å². The average Bonchev–Trinajstić information content (AvgIpc) is 3.36. The lowest BCUT2D eigenvalue weighted by Gasteiger charge is -2.10. The smallest absolute Gasteiger partial charge is 0.269 e. The summed E-state index contributed by atoms with van der Waals surface area (Å²) in [5, 5.41) is 0.393. The molecule has 1 aliphatic rings. The highest BCUT2D eigenvalue weighted by Crippen LogP contribution is 2.37. The molecule has 0 bridgehead atoms. The van der Waals surface area contributed by atoms with E-state index in [4.69, 9.17) is 11.6 Å². The van der Waals surface area contributed by atoms with Gasteiger partial charge in [-0.25, -0.2) is 8.42 Å². The molecule has 0 aromatic heterocycles. The number of anilines is 1. The zero-order valence-electron chi connectivity index (χ0n) is 14.4. The second kappa shape index (κ2) is 7.58. The van der Waals surface area contributed by atoms with E-state index < -0.39 is 15.9 Å². The van der Waals surface area contributed by atoms with Gasteiger partial charge in [-0.15, -0.1) is 0 Å². The summed E-state index contributed by atoms with van der Waals surface area (Å²) < 4.78 is 27.5. The predicted octanol–water partition coefficient (Wildman–Crippen LogP) is 2.56. The molecule has 0 aliphatic heterocycles. The van der Waals surface area contributed by atoms with Gasteiger partial charge in [-0.05, 0) is 48.7 Å². The minimum Gasteiger partial charge on any atom is -0.280 e. The summed E-state index contributed by atoms with van der Waals surface area (Å²) in [5.74, 6) is -0.620. The number of rotatable bonds is 5. The number of benzene rings is 2. The van der Waals surface area contributed by atoms with Crippen LogP contribution in [0.25, 0.3) is 0 Å². The minimum absolute atomic E-state index is 0.0843. The summed E-state index contributed by atoms with van der Waals surface area (Å²) in [6.07, 6.45) is 0.796. The predicted molar refractivity (Wildman–Crippen MR) is 102 cm³/mol. The molecule has 27 heavy (non-hydrogen) atoms. The van der Waals surface area contributed by atoms with Gasteiger partial charge in [0.1, 0.15) is 0 Å². The Balaban J connectivity index is 1.70. The number of sulfonamides is 1. The number of halogens is 1. The molecule has 1 saturated carbocycles. The quantitative estimate of drug-likeness (QED) is 0.662. The molecule has 9 heteroatoms. The molecule has 0 spiro atoms. The number of hydrogen-bond donors (Lipinski definition) is 3. The summed E-state index contributed by atoms with van der Waals surface area (Å²) in [6, 6.07) is 11.8. The first kappa shape index (κ1) is 19.2. The molecule has 2 atom stereocenters. The van der Waals surface area contributed by atoms with Crippen molar-refractivity contribution in [1.29, 1.82) is 0 Å². The van der Waals surface area contributed by atoms with Crippen molar-refractivity contribution in [3.05, 3.63) is 59.1 Å². The van der Waals surface area contributed by atoms with Gasteiger partial charge < -0.3 is 0 Å². The maximum Gasteiger partial charge on any atom is 0.269 e. The largest absolute Gasteiger partial charge is 0.280 e. The summed E-state index contributed by atoms with van der Waals surface area (Å²) in [7, 11) is -3.90. The Kier molecular flexibility index (Phi) is 5.38. The van der Waals surface area contributed by atoms with Gasteiger partial charge in [0.25, 0.3) is 15.9 Å². The van der Waals surface area contributed by atoms with Crippen molar-refractivity contribution < 1.29 is 18.0 Å². The SMILES string of the molecule is C[C@H]1C[C@H]1C(=O)NNC(=O)c1cccc(S(=O)(=O)Nc2cccc(Cl)c2)c1. The Morgan fingerprint density at radius 3 is 2.44 bits per heavy atom. The topological polar surface area (TPSA) is 104 Å². The van der Waals surface area contributed by atoms with Crippen molar-refractivity contribution in [2.24, 2.45) is 11.8 Å². The highest BCUT2D eigenvalue weighted by molar-refractivity contribution is 7.92. The maximum absolute atomic E-state index is 12.5. The van der Waals surface area contributed by atoms with Crippen molar-refractivity contribution in [2.45, 2.75) is 18.2 Å². The molecule has 2 aromatic rings. The maximum atomic E-state index is 12.5. The first-order valence-corrected chi connectivity index (χ1v) is 10.1. The first-order chi connectivity index (χ1) is 12.8. The number of hydrogen-bond acceptors (Lipinski definition) is 4. The molecule has 0 saturated heterocycles. The molecule has 1 fully saturated rings. The van der Waals surface area contributed by atoms with Crippen LogP contribution < -0.4 is 15.6 Å². The Morgan fingerprint density at radius 1 is 1.07 bits per heavy atom. The van der Waals surface area contributed by atoms with Crippen LogP contribution in [0, 0.1) is 11.8 Å². The van der Waals surface area contributed by atoms with Crippen LogP contribution in [0.2, 0.25) is 5.02 Å². The molecule has 142 valence electrons. The summed E-state index contributed by atoms with van der Waals surface area (Å²) in [6.45, 7) is 1.95. The molecule has 2 amide bonds. The highest BCUT2D eigenvalue weighted by atomic mass is 35.5. The van der Waals surface area contributed by atoms with Crippen LogP contribution in [0.1, 0.15) is 23.7 Å². The summed E-state index contributed by atoms with van der Waals surface area (Å²) in [5.41, 5.74) is 5.08. The third kappa shape index (κ3) is 4.78. The highest BCUT2D eigenvalue weighted by Gasteiger charge is 2.39. The average molecular weight is 408 g/mol. The van der Waals surface area contributed by atoms with Crippen LogP contribution in [0.15, 0.2) is 53.4 Å². The molecular formula is C18H18ClN3O4S. The molecule has 3 rings (SSSR count). The molecule has 7 nitrogen and oxygen atoms in total. The van der Waals surface area contributed by atoms with Gasteiger partial charge in [0.2, 0.25) is 5.91 Å². The van der Waals surface area contributed by atoms with E-state index in [1.165, 1.54) is 30.3 Å². The Morgan fingerprint density at radius 2 is 1.78 bits per heavy atom. The molecule has 2 aromatic carbocycles. The van der Waals surface area contributed by atoms with E-state index in [0.717, 1.165) is 6.42 Å². The number of carbonyl (C=O) groups excluding carboxylic acids is 2. The summed E-state index contributed by atoms with van der Waals surface area (Å²) in [4.78, 5) is 23.9. The fourth-order valence-corrected chi connectivity index (χ4v) is 3.83. The van der Waals surface area contributed by atoms with E-state index in [1.54, 1.807) is 18.2 Å². The fraction of sp³-hybridized carbons (Fsp3) is 0.222. The second-order valence-corrected chi connectivity index (χ2v) is 8.53. The lowest BCUT2D eigenvalue weighted by Crippen LogP contribution is -2.42. The van der Waals surface area contributed by atoms with Gasteiger partial charge in [0.15, 0.2) is 0 Å². The van der Waals surface area contributed by atoms with Crippen LogP contribution in [0.5, 0.6) is 0 Å². The van der Waals surface area contributed by atoms with Gasteiger partial charge in [0, 0.05) is 16.5 Å². The molecular weight excluding hydrogens is 390 g/mol. The molecule has 0 unspecified atom stereocenters. The van der Waals surface area contributed by atoms with Crippen molar-refractivity contribution in [3.63, 3.8) is 0 Å². The Hall–Kier alpha value is -2.58. The van der Waals surface area contributed by atoms with E-state index in [0.29, 0.717) is 16.6 Å². The van der Waals surface area contributed by atoms with Crippen molar-refractivity contribution in [1.82, 2.24) is 10.9 Å². The van der Waals surface area contributed by atoms with Gasteiger partial charge >= 0.3 is 0 Å². The number of carbonyl (C=O) groups is 2. The van der Waals surface area contributed by atoms with Crippen LogP contribution in [0.4, 0.5) is 5.69 Å². The molecule has 1 aliphatic carbocycles. The van der Waals surface area contributed by atoms with Crippen molar-refractivity contribution >= 4 is 39.1 Å².